The van der Waals surface area contributed by atoms with Crippen molar-refractivity contribution in [1.82, 2.24) is 25.6 Å². The van der Waals surface area contributed by atoms with Crippen LogP contribution in [0.25, 0.3) is 0 Å². The van der Waals surface area contributed by atoms with Crippen molar-refractivity contribution in [2.75, 3.05) is 26.2 Å². The third-order valence-electron chi connectivity index (χ3n) is 12.3. The molecule has 19 heteroatoms. The first kappa shape index (κ1) is 51.6. The number of Topliss-reactive ketones (excluding diaryl/α,β-unsaturated/α-hetero) is 2. The van der Waals surface area contributed by atoms with E-state index >= 15 is 0 Å². The summed E-state index contributed by atoms with van der Waals surface area (Å²) in [4.78, 5) is 93.2. The predicted octanol–water partition coefficient (Wildman–Crippen LogP) is 4.66. The van der Waals surface area contributed by atoms with Crippen LogP contribution in [0.4, 0.5) is 0 Å². The summed E-state index contributed by atoms with van der Waals surface area (Å²) in [6.07, 6.45) is 9.79. The number of nitro groups is 1. The van der Waals surface area contributed by atoms with Crippen molar-refractivity contribution in [3.63, 3.8) is 0 Å². The Bertz CT molecular complexity index is 2290. The fraction of sp³-hybridized carbons (Fsp3) is 0.479. The molecule has 0 bridgehead atoms. The highest BCUT2D eigenvalue weighted by Gasteiger charge is 2.36. The van der Waals surface area contributed by atoms with Crippen LogP contribution in [-0.4, -0.2) is 91.7 Å². The number of hydrazone groups is 1. The molecule has 1 unspecified atom stereocenters. The van der Waals surface area contributed by atoms with Crippen molar-refractivity contribution in [2.24, 2.45) is 28.6 Å². The fourth-order valence-corrected chi connectivity index (χ4v) is 9.90. The van der Waals surface area contributed by atoms with Gasteiger partial charge in [-0.25, -0.2) is 23.3 Å². The fourth-order valence-electron chi connectivity index (χ4n) is 8.85. The van der Waals surface area contributed by atoms with E-state index in [1.54, 1.807) is 72.8 Å². The topological polar surface area (TPSA) is 269 Å². The van der Waals surface area contributed by atoms with Crippen molar-refractivity contribution in [1.29, 1.82) is 0 Å². The summed E-state index contributed by atoms with van der Waals surface area (Å²) in [7, 11) is -3.86. The van der Waals surface area contributed by atoms with Crippen LogP contribution in [0.15, 0.2) is 94.9 Å². The maximum absolute atomic E-state index is 14.4. The average molecular weight is 943 g/mol. The first-order chi connectivity index (χ1) is 32.2. The van der Waals surface area contributed by atoms with E-state index in [0.717, 1.165) is 57.8 Å². The Kier molecular flexibility index (Phi) is 20.1. The van der Waals surface area contributed by atoms with E-state index in [1.165, 1.54) is 17.0 Å². The van der Waals surface area contributed by atoms with Crippen LogP contribution in [0, 0.1) is 27.9 Å². The first-order valence-corrected chi connectivity index (χ1v) is 24.6. The van der Waals surface area contributed by atoms with E-state index in [9.17, 15) is 47.3 Å². The van der Waals surface area contributed by atoms with Gasteiger partial charge in [-0.3, -0.25) is 33.7 Å². The van der Waals surface area contributed by atoms with Crippen LogP contribution in [0.5, 0.6) is 0 Å². The Morgan fingerprint density at radius 3 is 2.00 bits per heavy atom. The molecule has 0 saturated heterocycles. The summed E-state index contributed by atoms with van der Waals surface area (Å²) in [5.41, 5.74) is 7.15. The van der Waals surface area contributed by atoms with Gasteiger partial charge in [-0.2, -0.15) is 0 Å². The lowest BCUT2D eigenvalue weighted by atomic mass is 9.79. The minimum atomic E-state index is -3.86. The van der Waals surface area contributed by atoms with Crippen LogP contribution < -0.4 is 26.4 Å². The maximum atomic E-state index is 14.4. The van der Waals surface area contributed by atoms with Crippen LogP contribution in [0.1, 0.15) is 116 Å². The van der Waals surface area contributed by atoms with Gasteiger partial charge in [-0.1, -0.05) is 106 Å². The maximum Gasteiger partial charge on any atom is 0.289 e. The van der Waals surface area contributed by atoms with Crippen LogP contribution in [0.2, 0.25) is 0 Å². The molecule has 1 aliphatic carbocycles. The largest absolute Gasteiger partial charge is 0.365 e. The van der Waals surface area contributed by atoms with Gasteiger partial charge in [0.1, 0.15) is 16.9 Å². The molecule has 3 aromatic carbocycles. The molecular formula is C48H62N8O10S. The second-order valence-corrected chi connectivity index (χ2v) is 18.9. The number of carbonyl (C=O) groups excluding carboxylic acids is 6. The summed E-state index contributed by atoms with van der Waals surface area (Å²) >= 11 is 0. The summed E-state index contributed by atoms with van der Waals surface area (Å²) < 4.78 is 27.7. The summed E-state index contributed by atoms with van der Waals surface area (Å²) in [5, 5.41) is 20.7. The number of ketones is 2. The number of hydrogen-bond acceptors (Lipinski definition) is 10. The number of nitrogens with one attached hydrogen (secondary N) is 4. The van der Waals surface area contributed by atoms with Crippen molar-refractivity contribution < 1.29 is 42.2 Å². The number of nitrogens with two attached hydrogens (primary N) is 1. The van der Waals surface area contributed by atoms with E-state index < -0.39 is 50.6 Å². The number of benzene rings is 3. The molecule has 1 aliphatic heterocycles. The van der Waals surface area contributed by atoms with E-state index in [1.807, 2.05) is 0 Å². The zero-order valence-electron chi connectivity index (χ0n) is 37.7. The average Bonchev–Trinajstić information content (AvgIpc) is 3.94. The molecule has 6 N–H and O–H groups in total. The lowest BCUT2D eigenvalue weighted by Crippen LogP contribution is -2.51. The van der Waals surface area contributed by atoms with Gasteiger partial charge < -0.3 is 21.7 Å². The number of nitrogens with zero attached hydrogens (tertiary/aromatic N) is 3. The van der Waals surface area contributed by atoms with Gasteiger partial charge in [0.15, 0.2) is 5.03 Å². The zero-order chi connectivity index (χ0) is 48.2. The second kappa shape index (κ2) is 26.1. The Labute approximate surface area is 391 Å². The molecule has 5 rings (SSSR count). The molecule has 4 amide bonds. The molecule has 0 radical (unpaired) electrons. The van der Waals surface area contributed by atoms with E-state index in [2.05, 4.69) is 25.8 Å². The molecule has 3 aromatic rings. The van der Waals surface area contributed by atoms with Gasteiger partial charge in [0, 0.05) is 50.9 Å². The number of guanidine groups is 1. The Balaban J connectivity index is 1.19. The van der Waals surface area contributed by atoms with E-state index in [-0.39, 0.29) is 79.6 Å². The molecule has 18 nitrogen and oxygen atoms in total. The highest BCUT2D eigenvalue weighted by Crippen LogP contribution is 2.36. The molecule has 360 valence electrons. The van der Waals surface area contributed by atoms with Gasteiger partial charge in [-0.05, 0) is 74.3 Å². The summed E-state index contributed by atoms with van der Waals surface area (Å²) in [6, 6.07) is 22.0. The molecule has 1 fully saturated rings. The lowest BCUT2D eigenvalue weighted by molar-refractivity contribution is -0.485. The van der Waals surface area contributed by atoms with Gasteiger partial charge in [0.05, 0.1) is 16.0 Å². The normalized spacial score (nSPS) is 15.4. The molecule has 2 aliphatic rings. The molecule has 1 heterocycles. The summed E-state index contributed by atoms with van der Waals surface area (Å²) in [6.45, 7) is 0.0564. The van der Waals surface area contributed by atoms with Crippen LogP contribution in [-0.2, 0) is 35.6 Å². The van der Waals surface area contributed by atoms with Gasteiger partial charge in [-0.15, -0.1) is 0 Å². The minimum absolute atomic E-state index is 0.0386. The van der Waals surface area contributed by atoms with E-state index in [0.29, 0.717) is 36.1 Å². The number of sulfonamides is 1. The lowest BCUT2D eigenvalue weighted by Gasteiger charge is -2.26. The molecule has 1 saturated carbocycles. The van der Waals surface area contributed by atoms with Gasteiger partial charge >= 0.3 is 0 Å². The van der Waals surface area contributed by atoms with Crippen molar-refractivity contribution in [3.05, 3.63) is 112 Å². The third-order valence-corrected chi connectivity index (χ3v) is 13.8. The molecule has 3 atom stereocenters. The number of unbranched alkanes of at least 4 members (excludes halogenated alkanes) is 5. The van der Waals surface area contributed by atoms with Gasteiger partial charge in [0.2, 0.25) is 21.7 Å². The number of amides is 4. The molecule has 67 heavy (non-hydrogen) atoms. The summed E-state index contributed by atoms with van der Waals surface area (Å²) in [5.74, 6) is -4.60. The SMILES string of the molecule is NC(=N[N+](=O)[O-])NCCC[C@H](CC(=O)C(CCCCCCCCN1C(=O)c2ccccc2C1=O)C1CCCC1)C(=O)N[C@@H](Cc1ccccc1)C(=O)C(=O)NCCNS(=O)(=O)c1ccccc1. The molecule has 0 spiro atoms. The Morgan fingerprint density at radius 2 is 1.36 bits per heavy atom. The number of rotatable bonds is 29. The minimum Gasteiger partial charge on any atom is -0.365 e. The quantitative estimate of drug-likeness (QED) is 0.0121. The highest BCUT2D eigenvalue weighted by molar-refractivity contribution is 7.89. The van der Waals surface area contributed by atoms with Gasteiger partial charge in [0.25, 0.3) is 23.7 Å². The second-order valence-electron chi connectivity index (χ2n) is 17.1. The number of imide groups is 1. The number of hydrogen-bond donors (Lipinski definition) is 5. The Hall–Kier alpha value is -6.34. The van der Waals surface area contributed by atoms with Crippen LogP contribution in [0.3, 0.4) is 0 Å². The predicted molar refractivity (Wildman–Crippen MR) is 250 cm³/mol. The van der Waals surface area contributed by atoms with Crippen molar-refractivity contribution >= 4 is 51.2 Å². The number of carbonyl (C=O) groups is 6. The number of fused-ring (bicyclic) bond motifs is 1. The van der Waals surface area contributed by atoms with Crippen molar-refractivity contribution in [3.8, 4) is 0 Å². The highest BCUT2D eigenvalue weighted by atomic mass is 32.2. The zero-order valence-corrected chi connectivity index (χ0v) is 38.6. The third kappa shape index (κ3) is 15.9. The first-order valence-electron chi connectivity index (χ1n) is 23.2. The Morgan fingerprint density at radius 1 is 0.761 bits per heavy atom. The van der Waals surface area contributed by atoms with Crippen LogP contribution >= 0.6 is 0 Å². The van der Waals surface area contributed by atoms with Crippen molar-refractivity contribution in [2.45, 2.75) is 107 Å². The van der Waals surface area contributed by atoms with E-state index in [4.69, 9.17) is 5.73 Å². The smallest absolute Gasteiger partial charge is 0.289 e. The molecular weight excluding hydrogens is 881 g/mol. The standard InChI is InChI=1S/C48H62N8O10S/c49-48(54-56(63)64)51-28-17-22-36(44(59)53-41(32-34-18-7-5-8-19-34)43(58)45(60)50-29-30-52-67(65,66)37-23-9-6-10-24-37)33-42(57)38(35-20-12-13-21-35)25-11-3-1-2-4-16-31-55-46(61)39-26-14-15-27-40(39)47(55)62/h5-10,14-15,18-19,23-24,26-27,35-36,38,41,52H,1-4,11-13,16-17,20-22,25,28-33H2,(H,50,60)(H,53,59)(H3,49,51,54)/t36-,38?,41+/m1/s1. The monoisotopic (exact) mass is 942 g/mol. The molecule has 0 aromatic heterocycles.